The minimum Gasteiger partial charge on any atom is -0.123 e. The van der Waals surface area contributed by atoms with Crippen LogP contribution >= 0.6 is 23.4 Å². The molecule has 76 valence electrons. The number of hydrogen-bond donors (Lipinski definition) is 0. The zero-order valence-corrected chi connectivity index (χ0v) is 9.94. The van der Waals surface area contributed by atoms with E-state index in [1.807, 2.05) is 11.8 Å². The molecule has 2 heteroatoms. The van der Waals surface area contributed by atoms with Crippen molar-refractivity contribution in [3.8, 4) is 0 Å². The highest BCUT2D eigenvalue weighted by molar-refractivity contribution is 8.00. The van der Waals surface area contributed by atoms with Gasteiger partial charge in [0, 0.05) is 15.5 Å². The predicted octanol–water partition coefficient (Wildman–Crippen LogP) is 4.11. The molecule has 0 radical (unpaired) electrons. The molecule has 2 atom stereocenters. The van der Waals surface area contributed by atoms with Crippen LogP contribution in [0.5, 0.6) is 0 Å². The van der Waals surface area contributed by atoms with Crippen molar-refractivity contribution in [3.05, 3.63) is 29.8 Å². The van der Waals surface area contributed by atoms with Crippen LogP contribution in [-0.2, 0) is 6.42 Å². The summed E-state index contributed by atoms with van der Waals surface area (Å²) in [4.78, 5) is 1.47. The van der Waals surface area contributed by atoms with Gasteiger partial charge in [0.15, 0.2) is 0 Å². The summed E-state index contributed by atoms with van der Waals surface area (Å²) in [6, 6.07) is 8.72. The zero-order chi connectivity index (χ0) is 9.97. The Hall–Kier alpha value is -0.140. The first kappa shape index (κ1) is 10.4. The molecule has 1 aromatic carbocycles. The molecule has 1 aliphatic rings. The molecule has 0 saturated heterocycles. The Kier molecular flexibility index (Phi) is 3.40. The average Bonchev–Trinajstić information content (AvgIpc) is 2.57. The topological polar surface area (TPSA) is 0 Å². The molecule has 0 fully saturated rings. The van der Waals surface area contributed by atoms with E-state index in [2.05, 4.69) is 31.2 Å². The lowest BCUT2D eigenvalue weighted by Crippen LogP contribution is -2.03. The van der Waals surface area contributed by atoms with Gasteiger partial charge in [0.2, 0.25) is 0 Å². The molecule has 0 N–H and O–H groups in total. The number of fused-ring (bicyclic) bond motifs is 1. The number of thioether (sulfide) groups is 1. The van der Waals surface area contributed by atoms with E-state index < -0.39 is 0 Å². The van der Waals surface area contributed by atoms with Gasteiger partial charge in [0.25, 0.3) is 0 Å². The maximum atomic E-state index is 5.96. The first-order valence-corrected chi connectivity index (χ1v) is 6.46. The molecule has 2 rings (SSSR count). The molecule has 0 aliphatic carbocycles. The van der Waals surface area contributed by atoms with Crippen LogP contribution < -0.4 is 0 Å². The number of alkyl halides is 1. The lowest BCUT2D eigenvalue weighted by Gasteiger charge is -2.08. The van der Waals surface area contributed by atoms with Crippen molar-refractivity contribution >= 4 is 23.4 Å². The minimum absolute atomic E-state index is 0.319. The second kappa shape index (κ2) is 4.59. The summed E-state index contributed by atoms with van der Waals surface area (Å²) >= 11 is 7.98. The van der Waals surface area contributed by atoms with Crippen LogP contribution in [-0.4, -0.2) is 10.6 Å². The van der Waals surface area contributed by atoms with Crippen LogP contribution in [0.1, 0.15) is 25.3 Å². The van der Waals surface area contributed by atoms with E-state index in [1.54, 1.807) is 0 Å². The average molecular weight is 227 g/mol. The Morgan fingerprint density at radius 1 is 1.50 bits per heavy atom. The zero-order valence-electron chi connectivity index (χ0n) is 8.37. The van der Waals surface area contributed by atoms with Gasteiger partial charge in [0.05, 0.1) is 0 Å². The molecule has 1 aromatic rings. The molecule has 0 saturated carbocycles. The Bertz CT molecular complexity index is 284. The van der Waals surface area contributed by atoms with Gasteiger partial charge in [-0.15, -0.1) is 23.4 Å². The van der Waals surface area contributed by atoms with Crippen LogP contribution in [0, 0.1) is 0 Å². The summed E-state index contributed by atoms with van der Waals surface area (Å²) in [5.41, 5.74) is 1.52. The molecule has 0 aromatic heterocycles. The summed E-state index contributed by atoms with van der Waals surface area (Å²) in [5.74, 6) is 0. The van der Waals surface area contributed by atoms with E-state index >= 15 is 0 Å². The van der Waals surface area contributed by atoms with Crippen molar-refractivity contribution in [2.45, 2.75) is 41.7 Å². The Labute approximate surface area is 95.0 Å². The summed E-state index contributed by atoms with van der Waals surface area (Å²) in [5, 5.41) is 1.08. The number of halogens is 1. The summed E-state index contributed by atoms with van der Waals surface area (Å²) < 4.78 is 0. The second-order valence-corrected chi connectivity index (χ2v) is 6.00. The van der Waals surface area contributed by atoms with E-state index in [4.69, 9.17) is 11.6 Å². The number of benzene rings is 1. The second-order valence-electron chi connectivity index (χ2n) is 3.91. The highest BCUT2D eigenvalue weighted by Crippen LogP contribution is 2.39. The van der Waals surface area contributed by atoms with E-state index in [9.17, 15) is 0 Å². The standard InChI is InChI=1S/C12H15ClS/c1-9(13)6-7-11-8-10-4-2-3-5-12(10)14-11/h2-5,9,11H,6-8H2,1H3. The summed E-state index contributed by atoms with van der Waals surface area (Å²) in [6.07, 6.45) is 3.60. The van der Waals surface area contributed by atoms with Crippen molar-refractivity contribution in [1.82, 2.24) is 0 Å². The third-order valence-corrected chi connectivity index (χ3v) is 4.21. The van der Waals surface area contributed by atoms with Gasteiger partial charge in [0.1, 0.15) is 0 Å². The van der Waals surface area contributed by atoms with Crippen molar-refractivity contribution in [1.29, 1.82) is 0 Å². The van der Waals surface area contributed by atoms with Gasteiger partial charge in [-0.05, 0) is 37.8 Å². The Balaban J connectivity index is 1.92. The molecule has 0 spiro atoms. The lowest BCUT2D eigenvalue weighted by atomic mass is 10.1. The molecule has 2 unspecified atom stereocenters. The van der Waals surface area contributed by atoms with Crippen molar-refractivity contribution < 1.29 is 0 Å². The van der Waals surface area contributed by atoms with E-state index in [-0.39, 0.29) is 0 Å². The van der Waals surface area contributed by atoms with E-state index in [0.29, 0.717) is 5.38 Å². The first-order chi connectivity index (χ1) is 6.75. The minimum atomic E-state index is 0.319. The lowest BCUT2D eigenvalue weighted by molar-refractivity contribution is 0.692. The van der Waals surface area contributed by atoms with Crippen LogP contribution in [0.3, 0.4) is 0 Å². The van der Waals surface area contributed by atoms with Gasteiger partial charge in [-0.25, -0.2) is 0 Å². The quantitative estimate of drug-likeness (QED) is 0.699. The first-order valence-electron chi connectivity index (χ1n) is 5.14. The molecular formula is C12H15ClS. The SMILES string of the molecule is CC(Cl)CCC1Cc2ccccc2S1. The molecule has 1 heterocycles. The molecule has 1 aliphatic heterocycles. The number of hydrogen-bond acceptors (Lipinski definition) is 1. The monoisotopic (exact) mass is 226 g/mol. The Morgan fingerprint density at radius 3 is 3.00 bits per heavy atom. The van der Waals surface area contributed by atoms with Crippen LogP contribution in [0.15, 0.2) is 29.2 Å². The smallest absolute Gasteiger partial charge is 0.0308 e. The molecular weight excluding hydrogens is 212 g/mol. The van der Waals surface area contributed by atoms with E-state index in [0.717, 1.165) is 11.7 Å². The maximum absolute atomic E-state index is 5.96. The third-order valence-electron chi connectivity index (χ3n) is 2.60. The van der Waals surface area contributed by atoms with Crippen molar-refractivity contribution in [2.75, 3.05) is 0 Å². The Morgan fingerprint density at radius 2 is 2.29 bits per heavy atom. The van der Waals surface area contributed by atoms with E-state index in [1.165, 1.54) is 23.3 Å². The fourth-order valence-electron chi connectivity index (χ4n) is 1.83. The summed E-state index contributed by atoms with van der Waals surface area (Å²) in [7, 11) is 0. The third kappa shape index (κ3) is 2.46. The fraction of sp³-hybridized carbons (Fsp3) is 0.500. The van der Waals surface area contributed by atoms with Crippen LogP contribution in [0.4, 0.5) is 0 Å². The fourth-order valence-corrected chi connectivity index (χ4v) is 3.29. The van der Waals surface area contributed by atoms with Crippen molar-refractivity contribution in [2.24, 2.45) is 0 Å². The highest BCUT2D eigenvalue weighted by atomic mass is 35.5. The number of rotatable bonds is 3. The van der Waals surface area contributed by atoms with Crippen molar-refractivity contribution in [3.63, 3.8) is 0 Å². The van der Waals surface area contributed by atoms with Gasteiger partial charge in [-0.3, -0.25) is 0 Å². The highest BCUT2D eigenvalue weighted by Gasteiger charge is 2.21. The normalized spacial score (nSPS) is 22.0. The largest absolute Gasteiger partial charge is 0.123 e. The van der Waals surface area contributed by atoms with Gasteiger partial charge < -0.3 is 0 Å². The van der Waals surface area contributed by atoms with Crippen LogP contribution in [0.25, 0.3) is 0 Å². The van der Waals surface area contributed by atoms with Gasteiger partial charge >= 0.3 is 0 Å². The molecule has 0 amide bonds. The van der Waals surface area contributed by atoms with Gasteiger partial charge in [-0.2, -0.15) is 0 Å². The molecule has 0 nitrogen and oxygen atoms in total. The van der Waals surface area contributed by atoms with Gasteiger partial charge in [-0.1, -0.05) is 18.2 Å². The van der Waals surface area contributed by atoms with Crippen LogP contribution in [0.2, 0.25) is 0 Å². The molecule has 0 bridgehead atoms. The summed E-state index contributed by atoms with van der Waals surface area (Å²) in [6.45, 7) is 2.08. The molecule has 14 heavy (non-hydrogen) atoms. The maximum Gasteiger partial charge on any atom is 0.0308 e. The predicted molar refractivity (Wildman–Crippen MR) is 64.3 cm³/mol.